The fraction of sp³-hybridized carbons (Fsp3) is 0.750. The van der Waals surface area contributed by atoms with E-state index < -0.39 is 22.9 Å². The molecule has 6 heteroatoms. The minimum atomic E-state index is -1.12. The molecular formula is C8H15NO4S. The fourth-order valence-corrected chi connectivity index (χ4v) is 1.28. The first-order chi connectivity index (χ1) is 6.22. The first-order valence-corrected chi connectivity index (χ1v) is 5.05. The van der Waals surface area contributed by atoms with E-state index in [4.69, 9.17) is 15.6 Å². The van der Waals surface area contributed by atoms with Gasteiger partial charge in [-0.25, -0.2) is 4.79 Å². The molecule has 0 spiro atoms. The lowest BCUT2D eigenvalue weighted by Crippen LogP contribution is -2.33. The number of carbonyl (C=O) groups excluding carboxylic acids is 1. The molecule has 0 rings (SSSR count). The van der Waals surface area contributed by atoms with Crippen molar-refractivity contribution in [3.05, 3.63) is 0 Å². The number of carboxylic acids is 1. The monoisotopic (exact) mass is 221 g/mol. The second-order valence-electron chi connectivity index (χ2n) is 3.72. The van der Waals surface area contributed by atoms with Gasteiger partial charge in [-0.15, -0.1) is 0 Å². The minimum absolute atomic E-state index is 0.0181. The van der Waals surface area contributed by atoms with Crippen LogP contribution in [0, 0.1) is 0 Å². The molecule has 82 valence electrons. The largest absolute Gasteiger partial charge is 0.480 e. The number of carbonyl (C=O) groups is 2. The Balaban J connectivity index is 3.81. The molecule has 0 bridgehead atoms. The van der Waals surface area contributed by atoms with Crippen molar-refractivity contribution in [2.75, 3.05) is 5.75 Å². The molecule has 5 nitrogen and oxygen atoms in total. The molecule has 0 saturated carbocycles. The first kappa shape index (κ1) is 13.2. The number of carboxylic acid groups (broad SMARTS) is 1. The molecule has 0 aromatic heterocycles. The van der Waals surface area contributed by atoms with Crippen LogP contribution in [0.2, 0.25) is 0 Å². The van der Waals surface area contributed by atoms with Crippen LogP contribution < -0.4 is 5.73 Å². The van der Waals surface area contributed by atoms with Gasteiger partial charge >= 0.3 is 11.3 Å². The van der Waals surface area contributed by atoms with Crippen LogP contribution in [0.3, 0.4) is 0 Å². The zero-order valence-corrected chi connectivity index (χ0v) is 9.26. The van der Waals surface area contributed by atoms with Gasteiger partial charge < -0.3 is 15.6 Å². The van der Waals surface area contributed by atoms with Gasteiger partial charge in [0.15, 0.2) is 0 Å². The quantitative estimate of drug-likeness (QED) is 0.693. The molecule has 0 aliphatic heterocycles. The van der Waals surface area contributed by atoms with Crippen molar-refractivity contribution in [2.24, 2.45) is 5.73 Å². The zero-order valence-electron chi connectivity index (χ0n) is 8.44. The van der Waals surface area contributed by atoms with Gasteiger partial charge in [0.05, 0.1) is 0 Å². The van der Waals surface area contributed by atoms with Crippen LogP contribution in [-0.4, -0.2) is 33.8 Å². The summed E-state index contributed by atoms with van der Waals surface area (Å²) in [6, 6.07) is -1.03. The Hall–Kier alpha value is -0.750. The third-order valence-electron chi connectivity index (χ3n) is 1.09. The van der Waals surface area contributed by atoms with Crippen molar-refractivity contribution in [3.63, 3.8) is 0 Å². The summed E-state index contributed by atoms with van der Waals surface area (Å²) in [4.78, 5) is 21.4. The molecule has 14 heavy (non-hydrogen) atoms. The highest BCUT2D eigenvalue weighted by Crippen LogP contribution is 2.14. The lowest BCUT2D eigenvalue weighted by Gasteiger charge is -2.19. The first-order valence-electron chi connectivity index (χ1n) is 4.06. The summed E-state index contributed by atoms with van der Waals surface area (Å²) in [6.07, 6.45) is 0. The molecule has 0 heterocycles. The standard InChI is InChI=1S/C8H15NO4S/c1-8(2,3)13-7(12)14-4-5(9)6(10)11/h5H,4,9H2,1-3H3,(H,10,11). The van der Waals surface area contributed by atoms with Gasteiger partial charge in [-0.2, -0.15) is 0 Å². The van der Waals surface area contributed by atoms with Crippen molar-refractivity contribution in [3.8, 4) is 0 Å². The maximum Gasteiger partial charge on any atom is 0.367 e. The van der Waals surface area contributed by atoms with Crippen molar-refractivity contribution < 1.29 is 19.4 Å². The zero-order chi connectivity index (χ0) is 11.4. The Morgan fingerprint density at radius 1 is 1.50 bits per heavy atom. The Bertz CT molecular complexity index is 224. The fourth-order valence-electron chi connectivity index (χ4n) is 0.509. The van der Waals surface area contributed by atoms with Gasteiger partial charge in [0.25, 0.3) is 0 Å². The highest BCUT2D eigenvalue weighted by atomic mass is 32.2. The Morgan fingerprint density at radius 3 is 2.36 bits per heavy atom. The Kier molecular flexibility index (Phi) is 4.93. The molecule has 1 unspecified atom stereocenters. The predicted molar refractivity (Wildman–Crippen MR) is 54.3 cm³/mol. The highest BCUT2D eigenvalue weighted by molar-refractivity contribution is 8.13. The van der Waals surface area contributed by atoms with Crippen molar-refractivity contribution in [2.45, 2.75) is 32.4 Å². The average molecular weight is 221 g/mol. The van der Waals surface area contributed by atoms with E-state index in [1.165, 1.54) is 0 Å². The lowest BCUT2D eigenvalue weighted by molar-refractivity contribution is -0.137. The number of ether oxygens (including phenoxy) is 1. The van der Waals surface area contributed by atoms with Gasteiger partial charge in [0.2, 0.25) is 0 Å². The van der Waals surface area contributed by atoms with Crippen LogP contribution in [0.4, 0.5) is 4.79 Å². The van der Waals surface area contributed by atoms with E-state index in [1.807, 2.05) is 0 Å². The molecule has 3 N–H and O–H groups in total. The van der Waals surface area contributed by atoms with Gasteiger partial charge in [-0.3, -0.25) is 4.79 Å². The maximum atomic E-state index is 11.1. The maximum absolute atomic E-state index is 11.1. The van der Waals surface area contributed by atoms with Crippen LogP contribution in [0.15, 0.2) is 0 Å². The Labute approximate surface area is 87.0 Å². The number of aliphatic carboxylic acids is 1. The second kappa shape index (κ2) is 5.21. The van der Waals surface area contributed by atoms with Crippen LogP contribution in [0.25, 0.3) is 0 Å². The SMILES string of the molecule is CC(C)(C)OC(=O)SCC(N)C(=O)O. The molecule has 0 radical (unpaired) electrons. The molecule has 0 fully saturated rings. The minimum Gasteiger partial charge on any atom is -0.480 e. The van der Waals surface area contributed by atoms with Crippen LogP contribution >= 0.6 is 11.8 Å². The molecule has 0 aromatic rings. The van der Waals surface area contributed by atoms with E-state index in [-0.39, 0.29) is 5.75 Å². The van der Waals surface area contributed by atoms with Gasteiger partial charge in [0.1, 0.15) is 11.6 Å². The predicted octanol–water partition coefficient (Wildman–Crippen LogP) is 1.07. The molecular weight excluding hydrogens is 206 g/mol. The summed E-state index contributed by atoms with van der Waals surface area (Å²) in [6.45, 7) is 5.22. The highest BCUT2D eigenvalue weighted by Gasteiger charge is 2.19. The van der Waals surface area contributed by atoms with E-state index in [9.17, 15) is 9.59 Å². The van der Waals surface area contributed by atoms with E-state index in [0.29, 0.717) is 0 Å². The molecule has 0 aliphatic rings. The van der Waals surface area contributed by atoms with Crippen molar-refractivity contribution in [1.82, 2.24) is 0 Å². The van der Waals surface area contributed by atoms with E-state index in [0.717, 1.165) is 11.8 Å². The Morgan fingerprint density at radius 2 is 2.00 bits per heavy atom. The third-order valence-corrected chi connectivity index (χ3v) is 1.93. The van der Waals surface area contributed by atoms with Crippen LogP contribution in [-0.2, 0) is 9.53 Å². The van der Waals surface area contributed by atoms with E-state index >= 15 is 0 Å². The number of thioether (sulfide) groups is 1. The smallest absolute Gasteiger partial charge is 0.367 e. The topological polar surface area (TPSA) is 89.6 Å². The van der Waals surface area contributed by atoms with Crippen molar-refractivity contribution >= 4 is 23.0 Å². The number of hydrogen-bond acceptors (Lipinski definition) is 5. The summed E-state index contributed by atoms with van der Waals surface area (Å²) in [5, 5.41) is 7.93. The van der Waals surface area contributed by atoms with E-state index in [2.05, 4.69) is 0 Å². The normalized spacial score (nSPS) is 13.4. The number of rotatable bonds is 3. The van der Waals surface area contributed by atoms with Crippen LogP contribution in [0.5, 0.6) is 0 Å². The number of nitrogens with two attached hydrogens (primary N) is 1. The summed E-state index contributed by atoms with van der Waals surface area (Å²) >= 11 is 0.773. The molecule has 1 atom stereocenters. The molecule has 0 amide bonds. The average Bonchev–Trinajstić information content (AvgIpc) is 1.96. The molecule has 0 saturated heterocycles. The molecule has 0 aliphatic carbocycles. The molecule has 0 aromatic carbocycles. The van der Waals surface area contributed by atoms with Gasteiger partial charge in [-0.05, 0) is 32.5 Å². The summed E-state index contributed by atoms with van der Waals surface area (Å²) in [5.41, 5.74) is 4.64. The summed E-state index contributed by atoms with van der Waals surface area (Å²) < 4.78 is 4.94. The lowest BCUT2D eigenvalue weighted by atomic mass is 10.2. The van der Waals surface area contributed by atoms with Crippen molar-refractivity contribution in [1.29, 1.82) is 0 Å². The van der Waals surface area contributed by atoms with Crippen LogP contribution in [0.1, 0.15) is 20.8 Å². The van der Waals surface area contributed by atoms with Gasteiger partial charge in [-0.1, -0.05) is 0 Å². The summed E-state index contributed by atoms with van der Waals surface area (Å²) in [7, 11) is 0. The summed E-state index contributed by atoms with van der Waals surface area (Å²) in [5.74, 6) is -1.11. The second-order valence-corrected chi connectivity index (χ2v) is 4.68. The number of hydrogen-bond donors (Lipinski definition) is 2. The third kappa shape index (κ3) is 6.73. The van der Waals surface area contributed by atoms with E-state index in [1.54, 1.807) is 20.8 Å². The van der Waals surface area contributed by atoms with Gasteiger partial charge in [0, 0.05) is 5.75 Å².